The van der Waals surface area contributed by atoms with Crippen LogP contribution in [0.5, 0.6) is 23.0 Å². The van der Waals surface area contributed by atoms with E-state index in [2.05, 4.69) is 11.9 Å². The van der Waals surface area contributed by atoms with Gasteiger partial charge in [-0.2, -0.15) is 0 Å². The second kappa shape index (κ2) is 11.6. The second-order valence-corrected chi connectivity index (χ2v) is 7.32. The number of unbranched alkanes of at least 4 members (excludes halogenated alkanes) is 3. The minimum Gasteiger partial charge on any atom is -0.508 e. The fourth-order valence-electron chi connectivity index (χ4n) is 2.95. The van der Waals surface area contributed by atoms with Crippen molar-refractivity contribution < 1.29 is 24.5 Å². The van der Waals surface area contributed by atoms with Crippen LogP contribution in [0.3, 0.4) is 0 Å². The smallest absolute Gasteiger partial charge is 0.343 e. The van der Waals surface area contributed by atoms with Crippen molar-refractivity contribution in [1.82, 2.24) is 0 Å². The summed E-state index contributed by atoms with van der Waals surface area (Å²) in [6.07, 6.45) is 6.04. The standard InChI is InChI=1S/C26H27NO5/c1-2-3-4-5-16-31-23-13-6-19(7-14-23)26(30)32-24-15-8-20(25(29)17-24)18-27-21-9-11-22(28)12-10-21/h6-15,17-18,28-29H,2-5,16H2,1H3. The number of phenolic OH excluding ortho intramolecular Hbond substituents is 2. The summed E-state index contributed by atoms with van der Waals surface area (Å²) in [5.74, 6) is 0.509. The van der Waals surface area contributed by atoms with Crippen LogP contribution < -0.4 is 9.47 Å². The first-order chi connectivity index (χ1) is 15.5. The highest BCUT2D eigenvalue weighted by Crippen LogP contribution is 2.25. The Hall–Kier alpha value is -3.80. The van der Waals surface area contributed by atoms with Gasteiger partial charge in [0.2, 0.25) is 0 Å². The molecular formula is C26H27NO5. The molecule has 0 bridgehead atoms. The highest BCUT2D eigenvalue weighted by molar-refractivity contribution is 5.91. The number of hydrogen-bond acceptors (Lipinski definition) is 6. The maximum atomic E-state index is 12.4. The topological polar surface area (TPSA) is 88.4 Å². The second-order valence-electron chi connectivity index (χ2n) is 7.32. The van der Waals surface area contributed by atoms with Crippen molar-refractivity contribution >= 4 is 17.9 Å². The van der Waals surface area contributed by atoms with Crippen LogP contribution in [0.4, 0.5) is 5.69 Å². The number of phenols is 2. The van der Waals surface area contributed by atoms with E-state index in [0.717, 1.165) is 12.8 Å². The number of aliphatic imine (C=N–C) groups is 1. The van der Waals surface area contributed by atoms with Crippen molar-refractivity contribution in [2.24, 2.45) is 4.99 Å². The molecule has 0 amide bonds. The van der Waals surface area contributed by atoms with Crippen molar-refractivity contribution in [1.29, 1.82) is 0 Å². The summed E-state index contributed by atoms with van der Waals surface area (Å²) in [6, 6.07) is 17.7. The molecule has 0 atom stereocenters. The van der Waals surface area contributed by atoms with Crippen LogP contribution in [-0.4, -0.2) is 29.0 Å². The molecule has 0 fully saturated rings. The molecule has 166 valence electrons. The lowest BCUT2D eigenvalue weighted by molar-refractivity contribution is 0.0734. The van der Waals surface area contributed by atoms with Gasteiger partial charge in [-0.05, 0) is 67.1 Å². The first-order valence-corrected chi connectivity index (χ1v) is 10.7. The zero-order valence-electron chi connectivity index (χ0n) is 18.0. The molecule has 0 radical (unpaired) electrons. The van der Waals surface area contributed by atoms with E-state index >= 15 is 0 Å². The lowest BCUT2D eigenvalue weighted by Crippen LogP contribution is -2.08. The number of carbonyl (C=O) groups is 1. The Bertz CT molecular complexity index is 1040. The summed E-state index contributed by atoms with van der Waals surface area (Å²) in [5.41, 5.74) is 1.49. The van der Waals surface area contributed by atoms with Crippen molar-refractivity contribution in [3.8, 4) is 23.0 Å². The zero-order valence-corrected chi connectivity index (χ0v) is 18.0. The lowest BCUT2D eigenvalue weighted by Gasteiger charge is -2.08. The number of hydrogen-bond donors (Lipinski definition) is 2. The lowest BCUT2D eigenvalue weighted by atomic mass is 10.2. The van der Waals surface area contributed by atoms with Gasteiger partial charge in [-0.3, -0.25) is 4.99 Å². The van der Waals surface area contributed by atoms with Crippen LogP contribution in [-0.2, 0) is 0 Å². The maximum Gasteiger partial charge on any atom is 0.343 e. The number of carbonyl (C=O) groups excluding carboxylic acids is 1. The fourth-order valence-corrected chi connectivity index (χ4v) is 2.95. The van der Waals surface area contributed by atoms with Gasteiger partial charge in [0.15, 0.2) is 0 Å². The van der Waals surface area contributed by atoms with Gasteiger partial charge < -0.3 is 19.7 Å². The summed E-state index contributed by atoms with van der Waals surface area (Å²) in [7, 11) is 0. The molecule has 6 heteroatoms. The maximum absolute atomic E-state index is 12.4. The minimum atomic E-state index is -0.524. The Morgan fingerprint density at radius 1 is 0.906 bits per heavy atom. The van der Waals surface area contributed by atoms with Crippen LogP contribution in [0.15, 0.2) is 71.7 Å². The van der Waals surface area contributed by atoms with Gasteiger partial charge in [0.1, 0.15) is 23.0 Å². The summed E-state index contributed by atoms with van der Waals surface area (Å²) in [6.45, 7) is 2.83. The molecule has 3 rings (SSSR count). The van der Waals surface area contributed by atoms with E-state index in [4.69, 9.17) is 9.47 Å². The van der Waals surface area contributed by atoms with E-state index in [0.29, 0.717) is 29.2 Å². The van der Waals surface area contributed by atoms with Gasteiger partial charge >= 0.3 is 5.97 Å². The van der Waals surface area contributed by atoms with Crippen LogP contribution in [0.25, 0.3) is 0 Å². The quantitative estimate of drug-likeness (QED) is 0.176. The summed E-state index contributed by atoms with van der Waals surface area (Å²) < 4.78 is 11.1. The Morgan fingerprint density at radius 3 is 2.31 bits per heavy atom. The molecule has 0 aliphatic rings. The summed E-state index contributed by atoms with van der Waals surface area (Å²) in [4.78, 5) is 16.6. The molecule has 0 aliphatic heterocycles. The number of aromatic hydroxyl groups is 2. The number of ether oxygens (including phenoxy) is 2. The van der Waals surface area contributed by atoms with Gasteiger partial charge in [-0.15, -0.1) is 0 Å². The molecule has 0 spiro atoms. The normalized spacial score (nSPS) is 10.9. The van der Waals surface area contributed by atoms with Crippen molar-refractivity contribution in [2.75, 3.05) is 6.61 Å². The van der Waals surface area contributed by atoms with Crippen LogP contribution >= 0.6 is 0 Å². The Labute approximate surface area is 187 Å². The first kappa shape index (κ1) is 22.9. The molecule has 0 aromatic heterocycles. The van der Waals surface area contributed by atoms with Crippen LogP contribution in [0, 0.1) is 0 Å². The van der Waals surface area contributed by atoms with E-state index in [1.165, 1.54) is 37.3 Å². The average molecular weight is 434 g/mol. The minimum absolute atomic E-state index is 0.0651. The molecule has 3 aromatic carbocycles. The molecular weight excluding hydrogens is 406 g/mol. The molecule has 0 saturated carbocycles. The summed E-state index contributed by atoms with van der Waals surface area (Å²) in [5, 5.41) is 19.5. The molecule has 2 N–H and O–H groups in total. The molecule has 3 aromatic rings. The van der Waals surface area contributed by atoms with Gasteiger partial charge in [-0.1, -0.05) is 26.2 Å². The monoisotopic (exact) mass is 433 g/mol. The molecule has 32 heavy (non-hydrogen) atoms. The van der Waals surface area contributed by atoms with Gasteiger partial charge in [0.25, 0.3) is 0 Å². The Kier molecular flexibility index (Phi) is 8.26. The fraction of sp³-hybridized carbons (Fsp3) is 0.231. The molecule has 0 aliphatic carbocycles. The predicted molar refractivity (Wildman–Crippen MR) is 125 cm³/mol. The van der Waals surface area contributed by atoms with Crippen LogP contribution in [0.1, 0.15) is 48.5 Å². The summed E-state index contributed by atoms with van der Waals surface area (Å²) >= 11 is 0. The third-order valence-corrected chi connectivity index (χ3v) is 4.77. The van der Waals surface area contributed by atoms with Gasteiger partial charge in [-0.25, -0.2) is 4.79 Å². The van der Waals surface area contributed by atoms with E-state index in [1.807, 2.05) is 0 Å². The van der Waals surface area contributed by atoms with Gasteiger partial charge in [0, 0.05) is 17.8 Å². The number of rotatable bonds is 10. The molecule has 0 heterocycles. The van der Waals surface area contributed by atoms with Crippen molar-refractivity contribution in [2.45, 2.75) is 32.6 Å². The largest absolute Gasteiger partial charge is 0.508 e. The average Bonchev–Trinajstić information content (AvgIpc) is 2.80. The Morgan fingerprint density at radius 2 is 1.62 bits per heavy atom. The van der Waals surface area contributed by atoms with E-state index in [-0.39, 0.29) is 17.2 Å². The third kappa shape index (κ3) is 6.87. The van der Waals surface area contributed by atoms with E-state index < -0.39 is 5.97 Å². The van der Waals surface area contributed by atoms with Crippen molar-refractivity contribution in [3.63, 3.8) is 0 Å². The highest BCUT2D eigenvalue weighted by Gasteiger charge is 2.10. The van der Waals surface area contributed by atoms with Gasteiger partial charge in [0.05, 0.1) is 17.9 Å². The van der Waals surface area contributed by atoms with Crippen molar-refractivity contribution in [3.05, 3.63) is 77.9 Å². The third-order valence-electron chi connectivity index (χ3n) is 4.77. The number of benzene rings is 3. The SMILES string of the molecule is CCCCCCOc1ccc(C(=O)Oc2ccc(C=Nc3ccc(O)cc3)c(O)c2)cc1. The highest BCUT2D eigenvalue weighted by atomic mass is 16.5. The van der Waals surface area contributed by atoms with Crippen LogP contribution in [0.2, 0.25) is 0 Å². The number of esters is 1. The molecule has 6 nitrogen and oxygen atoms in total. The predicted octanol–water partition coefficient (Wildman–Crippen LogP) is 6.03. The number of nitrogens with zero attached hydrogens (tertiary/aromatic N) is 1. The molecule has 0 saturated heterocycles. The molecule has 0 unspecified atom stereocenters. The Balaban J connectivity index is 1.55. The van der Waals surface area contributed by atoms with E-state index in [1.54, 1.807) is 48.5 Å². The zero-order chi connectivity index (χ0) is 22.8. The first-order valence-electron chi connectivity index (χ1n) is 10.7. The van der Waals surface area contributed by atoms with E-state index in [9.17, 15) is 15.0 Å².